The number of ether oxygens (including phenoxy) is 5. The third-order valence-electron chi connectivity index (χ3n) is 7.99. The van der Waals surface area contributed by atoms with Crippen LogP contribution in [0.4, 0.5) is 0 Å². The van der Waals surface area contributed by atoms with Gasteiger partial charge in [0.15, 0.2) is 18.3 Å². The van der Waals surface area contributed by atoms with Gasteiger partial charge in [0.2, 0.25) is 6.79 Å². The van der Waals surface area contributed by atoms with Crippen LogP contribution in [-0.2, 0) is 4.74 Å². The number of nitrogens with one attached hydrogen (secondary N) is 1. The molecule has 224 valence electrons. The summed E-state index contributed by atoms with van der Waals surface area (Å²) in [7, 11) is 1.61. The van der Waals surface area contributed by atoms with Crippen molar-refractivity contribution < 1.29 is 28.8 Å². The predicted molar refractivity (Wildman–Crippen MR) is 165 cm³/mol. The molecule has 0 aromatic heterocycles. The summed E-state index contributed by atoms with van der Waals surface area (Å²) in [5.41, 5.74) is 5.53. The molecule has 3 aromatic rings. The fourth-order valence-corrected chi connectivity index (χ4v) is 5.78. The summed E-state index contributed by atoms with van der Waals surface area (Å²) >= 11 is 0. The number of aliphatic hydroxyl groups excluding tert-OH is 1. The maximum atomic E-state index is 10.5. The maximum Gasteiger partial charge on any atom is 0.231 e. The topological polar surface area (TPSA) is 78.4 Å². The third-order valence-corrected chi connectivity index (χ3v) is 7.99. The van der Waals surface area contributed by atoms with Crippen LogP contribution in [0.1, 0.15) is 62.1 Å². The van der Waals surface area contributed by atoms with E-state index in [1.807, 2.05) is 30.3 Å². The van der Waals surface area contributed by atoms with E-state index in [1.165, 1.54) is 37.7 Å². The molecule has 2 N–H and O–H groups in total. The molecule has 2 aliphatic rings. The van der Waals surface area contributed by atoms with E-state index in [0.717, 1.165) is 64.1 Å². The van der Waals surface area contributed by atoms with Crippen molar-refractivity contribution in [3.8, 4) is 23.0 Å². The Kier molecular flexibility index (Phi) is 10.8. The Bertz CT molecular complexity index is 1300. The van der Waals surface area contributed by atoms with Crippen molar-refractivity contribution in [2.24, 2.45) is 5.92 Å². The average Bonchev–Trinajstić information content (AvgIpc) is 3.51. The summed E-state index contributed by atoms with van der Waals surface area (Å²) in [6.45, 7) is 4.38. The van der Waals surface area contributed by atoms with E-state index in [1.54, 1.807) is 7.11 Å². The maximum absolute atomic E-state index is 10.5. The van der Waals surface area contributed by atoms with Crippen molar-refractivity contribution >= 4 is 11.1 Å². The van der Waals surface area contributed by atoms with Gasteiger partial charge in [-0.2, -0.15) is 0 Å². The molecule has 1 atom stereocenters. The Morgan fingerprint density at radius 2 is 1.50 bits per heavy atom. The summed E-state index contributed by atoms with van der Waals surface area (Å²) in [5.74, 6) is 3.74. The van der Waals surface area contributed by atoms with Gasteiger partial charge in [-0.05, 0) is 96.0 Å². The number of benzene rings is 3. The minimum atomic E-state index is -0.555. The van der Waals surface area contributed by atoms with Gasteiger partial charge in [0.05, 0.1) is 0 Å². The lowest BCUT2D eigenvalue weighted by molar-refractivity contribution is 0.0511. The number of hydrogen-bond acceptors (Lipinski definition) is 7. The van der Waals surface area contributed by atoms with Gasteiger partial charge >= 0.3 is 0 Å². The van der Waals surface area contributed by atoms with Crippen LogP contribution in [0.3, 0.4) is 0 Å². The summed E-state index contributed by atoms with van der Waals surface area (Å²) < 4.78 is 27.9. The fourth-order valence-electron chi connectivity index (χ4n) is 5.78. The number of rotatable bonds is 14. The van der Waals surface area contributed by atoms with E-state index < -0.39 is 6.10 Å². The van der Waals surface area contributed by atoms with Crippen molar-refractivity contribution in [3.63, 3.8) is 0 Å². The van der Waals surface area contributed by atoms with Crippen molar-refractivity contribution in [1.82, 2.24) is 5.32 Å². The lowest BCUT2D eigenvalue weighted by Crippen LogP contribution is -2.34. The van der Waals surface area contributed by atoms with Crippen molar-refractivity contribution in [2.45, 2.75) is 51.6 Å². The zero-order valence-electron chi connectivity index (χ0n) is 24.8. The zero-order chi connectivity index (χ0) is 29.1. The van der Waals surface area contributed by atoms with E-state index in [9.17, 15) is 5.11 Å². The van der Waals surface area contributed by atoms with E-state index in [2.05, 4.69) is 48.6 Å². The molecule has 1 unspecified atom stereocenters. The van der Waals surface area contributed by atoms with Crippen LogP contribution in [-0.4, -0.2) is 51.6 Å². The highest BCUT2D eigenvalue weighted by atomic mass is 16.7. The molecule has 3 aromatic carbocycles. The van der Waals surface area contributed by atoms with Crippen LogP contribution in [0.2, 0.25) is 0 Å². The monoisotopic (exact) mass is 573 g/mol. The Labute approximate surface area is 249 Å². The van der Waals surface area contributed by atoms with Gasteiger partial charge in [-0.25, -0.2) is 0 Å². The Morgan fingerprint density at radius 1 is 0.857 bits per heavy atom. The van der Waals surface area contributed by atoms with Crippen LogP contribution in [0, 0.1) is 5.92 Å². The normalized spacial score (nSPS) is 16.2. The molecule has 1 fully saturated rings. The Hall–Kier alpha value is -3.52. The van der Waals surface area contributed by atoms with Gasteiger partial charge in [-0.15, -0.1) is 0 Å². The molecule has 7 nitrogen and oxygen atoms in total. The van der Waals surface area contributed by atoms with E-state index in [4.69, 9.17) is 23.7 Å². The largest absolute Gasteiger partial charge is 0.491 e. The highest BCUT2D eigenvalue weighted by Crippen LogP contribution is 2.40. The summed E-state index contributed by atoms with van der Waals surface area (Å²) in [6, 6.07) is 22.3. The number of methoxy groups -OCH3 is 1. The van der Waals surface area contributed by atoms with Gasteiger partial charge in [-0.3, -0.25) is 0 Å². The first-order valence-electron chi connectivity index (χ1n) is 15.1. The van der Waals surface area contributed by atoms with Crippen LogP contribution in [0.25, 0.3) is 11.1 Å². The Morgan fingerprint density at radius 3 is 2.17 bits per heavy atom. The van der Waals surface area contributed by atoms with Crippen LogP contribution in [0.5, 0.6) is 23.0 Å². The standard InChI is InChI=1S/C35H43NO6/c1-3-32(28-13-18-33-34(19-28)42-24-41-33)35(27-11-16-31(17-12-27)40-23-38-2)26-9-14-30(15-10-26)39-22-29(37)21-36-20-25-7-5-4-6-8-25/h9-19,25,29,36-37H,3-8,20-24H2,1-2H3. The van der Waals surface area contributed by atoms with Gasteiger partial charge < -0.3 is 34.1 Å². The minimum Gasteiger partial charge on any atom is -0.491 e. The first-order valence-corrected chi connectivity index (χ1v) is 15.1. The van der Waals surface area contributed by atoms with Crippen molar-refractivity contribution in [3.05, 3.63) is 83.4 Å². The number of fused-ring (bicyclic) bond motifs is 1. The van der Waals surface area contributed by atoms with E-state index in [0.29, 0.717) is 6.54 Å². The molecule has 1 aliphatic heterocycles. The second-order valence-electron chi connectivity index (χ2n) is 11.0. The van der Waals surface area contributed by atoms with Crippen LogP contribution in [0.15, 0.2) is 66.7 Å². The quantitative estimate of drug-likeness (QED) is 0.165. The SMILES string of the molecule is CCC(=C(c1ccc(OCOC)cc1)c1ccc(OCC(O)CNCC2CCCCC2)cc1)c1ccc2c(c1)OCO2. The molecule has 7 heteroatoms. The van der Waals surface area contributed by atoms with Crippen molar-refractivity contribution in [1.29, 1.82) is 0 Å². The molecule has 5 rings (SSSR count). The fraction of sp³-hybridized carbons (Fsp3) is 0.429. The molecule has 0 amide bonds. The molecular weight excluding hydrogens is 530 g/mol. The third kappa shape index (κ3) is 7.85. The first-order chi connectivity index (χ1) is 20.6. The minimum absolute atomic E-state index is 0.201. The molecule has 42 heavy (non-hydrogen) atoms. The van der Waals surface area contributed by atoms with Crippen molar-refractivity contribution in [2.75, 3.05) is 40.4 Å². The summed E-state index contributed by atoms with van der Waals surface area (Å²) in [6.07, 6.45) is 6.86. The van der Waals surface area contributed by atoms with Crippen LogP contribution < -0.4 is 24.3 Å². The number of allylic oxidation sites excluding steroid dienone is 1. The van der Waals surface area contributed by atoms with E-state index in [-0.39, 0.29) is 20.2 Å². The van der Waals surface area contributed by atoms with Gasteiger partial charge in [0.1, 0.15) is 24.2 Å². The summed E-state index contributed by atoms with van der Waals surface area (Å²) in [5, 5.41) is 13.9. The molecule has 1 aliphatic carbocycles. The summed E-state index contributed by atoms with van der Waals surface area (Å²) in [4.78, 5) is 0. The van der Waals surface area contributed by atoms with Gasteiger partial charge in [0.25, 0.3) is 0 Å². The first kappa shape index (κ1) is 30.0. The molecular formula is C35H43NO6. The molecule has 0 saturated heterocycles. The zero-order valence-corrected chi connectivity index (χ0v) is 24.8. The number of aliphatic hydroxyl groups is 1. The van der Waals surface area contributed by atoms with Gasteiger partial charge in [-0.1, -0.05) is 56.5 Å². The second kappa shape index (κ2) is 15.1. The highest BCUT2D eigenvalue weighted by Gasteiger charge is 2.19. The van der Waals surface area contributed by atoms with Crippen LogP contribution >= 0.6 is 0 Å². The Balaban J connectivity index is 1.32. The average molecular weight is 574 g/mol. The lowest BCUT2D eigenvalue weighted by atomic mass is 9.88. The predicted octanol–water partition coefficient (Wildman–Crippen LogP) is 6.68. The molecule has 1 saturated carbocycles. The molecule has 0 radical (unpaired) electrons. The lowest BCUT2D eigenvalue weighted by Gasteiger charge is -2.22. The second-order valence-corrected chi connectivity index (χ2v) is 11.0. The number of hydrogen-bond donors (Lipinski definition) is 2. The molecule has 1 heterocycles. The smallest absolute Gasteiger partial charge is 0.231 e. The van der Waals surface area contributed by atoms with E-state index >= 15 is 0 Å². The molecule has 0 spiro atoms. The molecule has 0 bridgehead atoms. The van der Waals surface area contributed by atoms with Gasteiger partial charge in [0, 0.05) is 13.7 Å². The highest BCUT2D eigenvalue weighted by molar-refractivity contribution is 5.99.